The Labute approximate surface area is 151 Å². The number of nitrogens with zero attached hydrogens (tertiary/aromatic N) is 2. The number of carbonyl (C=O) groups excluding carboxylic acids is 1. The van der Waals surface area contributed by atoms with E-state index in [9.17, 15) is 4.79 Å². The van der Waals surface area contributed by atoms with Crippen molar-refractivity contribution in [3.05, 3.63) is 35.4 Å². The van der Waals surface area contributed by atoms with E-state index in [1.165, 1.54) is 0 Å². The van der Waals surface area contributed by atoms with Gasteiger partial charge >= 0.3 is 0 Å². The summed E-state index contributed by atoms with van der Waals surface area (Å²) in [7, 11) is 5.28. The lowest BCUT2D eigenvalue weighted by atomic mass is 10.1. The molecule has 0 radical (unpaired) electrons. The van der Waals surface area contributed by atoms with E-state index >= 15 is 0 Å². The van der Waals surface area contributed by atoms with Crippen molar-refractivity contribution in [1.82, 2.24) is 15.5 Å². The van der Waals surface area contributed by atoms with Crippen molar-refractivity contribution in [3.63, 3.8) is 0 Å². The molecule has 0 aliphatic rings. The van der Waals surface area contributed by atoms with Gasteiger partial charge in [-0.3, -0.25) is 9.79 Å². The maximum atomic E-state index is 12.0. The Balaban J connectivity index is 2.35. The van der Waals surface area contributed by atoms with Gasteiger partial charge in [-0.2, -0.15) is 0 Å². The highest BCUT2D eigenvalue weighted by Crippen LogP contribution is 2.07. The number of guanidine groups is 1. The number of aliphatic imine (C=N–C) groups is 1. The minimum atomic E-state index is 0.0240. The highest BCUT2D eigenvalue weighted by atomic mass is 16.5. The van der Waals surface area contributed by atoms with Gasteiger partial charge in [0.1, 0.15) is 0 Å². The van der Waals surface area contributed by atoms with E-state index < -0.39 is 0 Å². The molecule has 0 heterocycles. The van der Waals surface area contributed by atoms with Crippen LogP contribution in [0.2, 0.25) is 0 Å². The topological polar surface area (TPSA) is 66.0 Å². The van der Waals surface area contributed by atoms with Crippen LogP contribution in [0.5, 0.6) is 0 Å². The fraction of sp³-hybridized carbons (Fsp3) is 0.579. The maximum Gasteiger partial charge on any atom is 0.253 e. The predicted molar refractivity (Wildman–Crippen MR) is 103 cm³/mol. The SMILES string of the molecule is CN=C(NCCCOC(C)C)NCCc1cccc(C(=O)N(C)C)c1. The largest absolute Gasteiger partial charge is 0.379 e. The van der Waals surface area contributed by atoms with Gasteiger partial charge in [-0.05, 0) is 44.4 Å². The molecule has 0 spiro atoms. The molecule has 2 N–H and O–H groups in total. The summed E-state index contributed by atoms with van der Waals surface area (Å²) in [4.78, 5) is 17.8. The van der Waals surface area contributed by atoms with Crippen molar-refractivity contribution in [1.29, 1.82) is 0 Å². The lowest BCUT2D eigenvalue weighted by molar-refractivity contribution is 0.0776. The molecule has 1 aromatic rings. The van der Waals surface area contributed by atoms with Crippen LogP contribution in [0.25, 0.3) is 0 Å². The van der Waals surface area contributed by atoms with Gasteiger partial charge in [0.05, 0.1) is 6.10 Å². The zero-order valence-corrected chi connectivity index (χ0v) is 16.1. The summed E-state index contributed by atoms with van der Waals surface area (Å²) >= 11 is 0. The van der Waals surface area contributed by atoms with E-state index in [2.05, 4.69) is 15.6 Å². The molecule has 25 heavy (non-hydrogen) atoms. The molecule has 140 valence electrons. The second-order valence-corrected chi connectivity index (χ2v) is 6.35. The number of rotatable bonds is 9. The highest BCUT2D eigenvalue weighted by molar-refractivity contribution is 5.94. The van der Waals surface area contributed by atoms with Gasteiger partial charge in [-0.15, -0.1) is 0 Å². The lowest BCUT2D eigenvalue weighted by Crippen LogP contribution is -2.39. The minimum Gasteiger partial charge on any atom is -0.379 e. The summed E-state index contributed by atoms with van der Waals surface area (Å²) in [6.45, 7) is 6.39. The monoisotopic (exact) mass is 348 g/mol. The number of ether oxygens (including phenoxy) is 1. The van der Waals surface area contributed by atoms with Crippen LogP contribution >= 0.6 is 0 Å². The van der Waals surface area contributed by atoms with Crippen molar-refractivity contribution in [2.24, 2.45) is 4.99 Å². The average Bonchev–Trinajstić information content (AvgIpc) is 2.59. The Morgan fingerprint density at radius 2 is 1.96 bits per heavy atom. The number of benzene rings is 1. The van der Waals surface area contributed by atoms with Crippen molar-refractivity contribution >= 4 is 11.9 Å². The molecule has 1 aromatic carbocycles. The van der Waals surface area contributed by atoms with Crippen LogP contribution in [-0.4, -0.2) is 63.7 Å². The minimum absolute atomic E-state index is 0.0240. The van der Waals surface area contributed by atoms with Crippen molar-refractivity contribution in [2.75, 3.05) is 40.8 Å². The summed E-state index contributed by atoms with van der Waals surface area (Å²) in [5.74, 6) is 0.806. The molecule has 0 aromatic heterocycles. The first-order valence-electron chi connectivity index (χ1n) is 8.80. The second kappa shape index (κ2) is 11.5. The maximum absolute atomic E-state index is 12.0. The average molecular weight is 348 g/mol. The van der Waals surface area contributed by atoms with E-state index in [-0.39, 0.29) is 12.0 Å². The van der Waals surface area contributed by atoms with Crippen LogP contribution in [0.3, 0.4) is 0 Å². The van der Waals surface area contributed by atoms with E-state index in [0.717, 1.165) is 49.6 Å². The number of amides is 1. The lowest BCUT2D eigenvalue weighted by Gasteiger charge is -2.13. The first-order chi connectivity index (χ1) is 11.9. The third kappa shape index (κ3) is 8.54. The van der Waals surface area contributed by atoms with Gasteiger partial charge in [-0.25, -0.2) is 0 Å². The molecule has 0 fully saturated rings. The van der Waals surface area contributed by atoms with Gasteiger partial charge in [0.25, 0.3) is 5.91 Å². The summed E-state index contributed by atoms with van der Waals surface area (Å²) < 4.78 is 5.51. The third-order valence-electron chi connectivity index (χ3n) is 3.57. The Bertz CT molecular complexity index is 556. The van der Waals surface area contributed by atoms with Gasteiger partial charge in [0.2, 0.25) is 0 Å². The molecule has 0 atom stereocenters. The van der Waals surface area contributed by atoms with Crippen LogP contribution in [0, 0.1) is 0 Å². The molecule has 0 aliphatic heterocycles. The van der Waals surface area contributed by atoms with Gasteiger partial charge in [-0.1, -0.05) is 12.1 Å². The van der Waals surface area contributed by atoms with E-state index in [0.29, 0.717) is 0 Å². The standard InChI is InChI=1S/C19H32N4O2/c1-15(2)25-13-7-11-21-19(20-3)22-12-10-16-8-6-9-17(14-16)18(24)23(4)5/h6,8-9,14-15H,7,10-13H2,1-5H3,(H2,20,21,22). The molecular weight excluding hydrogens is 316 g/mol. The Morgan fingerprint density at radius 1 is 1.24 bits per heavy atom. The molecule has 0 saturated carbocycles. The highest BCUT2D eigenvalue weighted by Gasteiger charge is 2.08. The fourth-order valence-electron chi connectivity index (χ4n) is 2.26. The Hall–Kier alpha value is -2.08. The quantitative estimate of drug-likeness (QED) is 0.406. The summed E-state index contributed by atoms with van der Waals surface area (Å²) in [6, 6.07) is 7.75. The van der Waals surface area contributed by atoms with Crippen LogP contribution in [0.15, 0.2) is 29.3 Å². The predicted octanol–water partition coefficient (Wildman–Crippen LogP) is 1.91. The molecule has 6 nitrogen and oxygen atoms in total. The molecule has 0 unspecified atom stereocenters. The van der Waals surface area contributed by atoms with Crippen molar-refractivity contribution in [2.45, 2.75) is 32.8 Å². The third-order valence-corrected chi connectivity index (χ3v) is 3.57. The van der Waals surface area contributed by atoms with Crippen molar-refractivity contribution in [3.8, 4) is 0 Å². The number of hydrogen-bond donors (Lipinski definition) is 2. The molecule has 0 bridgehead atoms. The van der Waals surface area contributed by atoms with E-state index in [4.69, 9.17) is 4.74 Å². The van der Waals surface area contributed by atoms with Gasteiger partial charge in [0, 0.05) is 46.4 Å². The molecule has 6 heteroatoms. The number of carbonyl (C=O) groups is 1. The number of nitrogens with one attached hydrogen (secondary N) is 2. The smallest absolute Gasteiger partial charge is 0.253 e. The molecule has 1 rings (SSSR count). The zero-order valence-electron chi connectivity index (χ0n) is 16.1. The van der Waals surface area contributed by atoms with Gasteiger partial charge in [0.15, 0.2) is 5.96 Å². The molecular formula is C19H32N4O2. The second-order valence-electron chi connectivity index (χ2n) is 6.35. The first kappa shape index (κ1) is 21.0. The van der Waals surface area contributed by atoms with Crippen LogP contribution in [0.1, 0.15) is 36.2 Å². The summed E-state index contributed by atoms with van der Waals surface area (Å²) in [5, 5.41) is 6.56. The summed E-state index contributed by atoms with van der Waals surface area (Å²) in [5.41, 5.74) is 1.84. The fourth-order valence-corrected chi connectivity index (χ4v) is 2.26. The molecule has 1 amide bonds. The van der Waals surface area contributed by atoms with E-state index in [1.807, 2.05) is 38.1 Å². The van der Waals surface area contributed by atoms with E-state index in [1.54, 1.807) is 26.0 Å². The Kier molecular flexibility index (Phi) is 9.62. The molecule has 0 aliphatic carbocycles. The normalized spacial score (nSPS) is 11.5. The molecule has 0 saturated heterocycles. The Morgan fingerprint density at radius 3 is 2.60 bits per heavy atom. The van der Waals surface area contributed by atoms with Crippen molar-refractivity contribution < 1.29 is 9.53 Å². The number of hydrogen-bond acceptors (Lipinski definition) is 3. The van der Waals surface area contributed by atoms with Crippen LogP contribution in [-0.2, 0) is 11.2 Å². The first-order valence-corrected chi connectivity index (χ1v) is 8.80. The van der Waals surface area contributed by atoms with Crippen LogP contribution < -0.4 is 10.6 Å². The van der Waals surface area contributed by atoms with Crippen LogP contribution in [0.4, 0.5) is 0 Å². The zero-order chi connectivity index (χ0) is 18.7. The van der Waals surface area contributed by atoms with Gasteiger partial charge < -0.3 is 20.3 Å². The summed E-state index contributed by atoms with van der Waals surface area (Å²) in [6.07, 6.45) is 2.03.